The minimum absolute atomic E-state index is 0.0214. The number of carbonyl (C=O) groups excluding carboxylic acids is 1. The van der Waals surface area contributed by atoms with E-state index < -0.39 is 15.9 Å². The third kappa shape index (κ3) is 6.15. The van der Waals surface area contributed by atoms with Gasteiger partial charge in [0.2, 0.25) is 0 Å². The van der Waals surface area contributed by atoms with Crippen LogP contribution in [0.25, 0.3) is 0 Å². The van der Waals surface area contributed by atoms with E-state index >= 15 is 0 Å². The molecule has 0 aromatic heterocycles. The van der Waals surface area contributed by atoms with Crippen LogP contribution in [0.1, 0.15) is 42.1 Å². The van der Waals surface area contributed by atoms with Gasteiger partial charge >= 0.3 is 0 Å². The first-order valence-corrected chi connectivity index (χ1v) is 12.1. The zero-order valence-electron chi connectivity index (χ0n) is 17.8. The summed E-state index contributed by atoms with van der Waals surface area (Å²) in [6.45, 7) is 4.34. The molecule has 1 atom stereocenters. The van der Waals surface area contributed by atoms with Crippen LogP contribution in [0.5, 0.6) is 0 Å². The summed E-state index contributed by atoms with van der Waals surface area (Å²) < 4.78 is 27.1. The Bertz CT molecular complexity index is 1180. The maximum absolute atomic E-state index is 12.5. The molecule has 3 N–H and O–H groups in total. The Morgan fingerprint density at radius 2 is 1.41 bits per heavy atom. The summed E-state index contributed by atoms with van der Waals surface area (Å²) in [4.78, 5) is 12.1. The van der Waals surface area contributed by atoms with Crippen molar-refractivity contribution in [2.24, 2.45) is 0 Å². The molecule has 166 valence electrons. The van der Waals surface area contributed by atoms with E-state index in [4.69, 9.17) is 12.2 Å². The highest BCUT2D eigenvalue weighted by Crippen LogP contribution is 2.21. The van der Waals surface area contributed by atoms with E-state index in [2.05, 4.69) is 41.3 Å². The molecule has 32 heavy (non-hydrogen) atoms. The minimum Gasteiger partial charge on any atom is -0.332 e. The van der Waals surface area contributed by atoms with Crippen molar-refractivity contribution < 1.29 is 13.2 Å². The fourth-order valence-corrected chi connectivity index (χ4v) is 4.18. The van der Waals surface area contributed by atoms with Gasteiger partial charge in [0.25, 0.3) is 15.9 Å². The van der Waals surface area contributed by atoms with Crippen LogP contribution < -0.4 is 15.4 Å². The Kier molecular flexibility index (Phi) is 7.61. The summed E-state index contributed by atoms with van der Waals surface area (Å²) in [7, 11) is -3.99. The predicted molar refractivity (Wildman–Crippen MR) is 133 cm³/mol. The van der Waals surface area contributed by atoms with E-state index in [9.17, 15) is 13.2 Å². The molecule has 0 aliphatic rings. The highest BCUT2D eigenvalue weighted by Gasteiger charge is 2.18. The van der Waals surface area contributed by atoms with Crippen LogP contribution in [0.3, 0.4) is 0 Å². The maximum atomic E-state index is 12.5. The zero-order valence-corrected chi connectivity index (χ0v) is 19.5. The van der Waals surface area contributed by atoms with Crippen LogP contribution in [0.2, 0.25) is 0 Å². The van der Waals surface area contributed by atoms with Gasteiger partial charge in [-0.3, -0.25) is 4.79 Å². The number of carbonyl (C=O) groups is 1. The normalized spacial score (nSPS) is 11.9. The molecule has 3 rings (SSSR count). The monoisotopic (exact) mass is 467 g/mol. The molecule has 0 fully saturated rings. The van der Waals surface area contributed by atoms with Crippen molar-refractivity contribution in [1.82, 2.24) is 4.72 Å². The van der Waals surface area contributed by atoms with Crippen LogP contribution in [-0.4, -0.2) is 19.4 Å². The van der Waals surface area contributed by atoms with Gasteiger partial charge in [-0.2, -0.15) is 0 Å². The van der Waals surface area contributed by atoms with Crippen molar-refractivity contribution in [3.63, 3.8) is 0 Å². The summed E-state index contributed by atoms with van der Waals surface area (Å²) in [5, 5.41) is 6.51. The zero-order chi connectivity index (χ0) is 23.1. The smallest absolute Gasteiger partial charge is 0.264 e. The molecule has 8 heteroatoms. The molecular formula is C24H25N3O3S2. The Labute approximate surface area is 194 Å². The average Bonchev–Trinajstić information content (AvgIpc) is 2.79. The van der Waals surface area contributed by atoms with Gasteiger partial charge in [0.15, 0.2) is 5.11 Å². The van der Waals surface area contributed by atoms with Crippen LogP contribution in [-0.2, 0) is 10.0 Å². The quantitative estimate of drug-likeness (QED) is 0.418. The number of sulfonamides is 1. The van der Waals surface area contributed by atoms with Crippen molar-refractivity contribution in [1.29, 1.82) is 0 Å². The maximum Gasteiger partial charge on any atom is 0.264 e. The lowest BCUT2D eigenvalue weighted by Gasteiger charge is -2.13. The fourth-order valence-electron chi connectivity index (χ4n) is 2.97. The molecule has 0 aliphatic heterocycles. The highest BCUT2D eigenvalue weighted by molar-refractivity contribution is 7.90. The van der Waals surface area contributed by atoms with Crippen LogP contribution >= 0.6 is 12.2 Å². The number of amides is 1. The van der Waals surface area contributed by atoms with Crippen molar-refractivity contribution in [2.75, 3.05) is 10.6 Å². The number of rotatable bonds is 7. The molecular weight excluding hydrogens is 442 g/mol. The first kappa shape index (κ1) is 23.4. The Hall–Kier alpha value is -3.23. The lowest BCUT2D eigenvalue weighted by Crippen LogP contribution is -2.30. The van der Waals surface area contributed by atoms with Gasteiger partial charge in [-0.15, -0.1) is 0 Å². The standard InChI is InChI=1S/C24H25N3O3S2/c1-3-17(2)18-9-11-20(12-10-18)25-24(31)26-21-13-15-22(16-14-21)32(29,30)27-23(28)19-7-5-4-6-8-19/h4-17H,3H2,1-2H3,(H,27,28)(H2,25,26,31). The van der Waals surface area contributed by atoms with Crippen LogP contribution in [0, 0.1) is 0 Å². The van der Waals surface area contributed by atoms with E-state index in [0.717, 1.165) is 12.1 Å². The molecule has 0 bridgehead atoms. The van der Waals surface area contributed by atoms with E-state index in [-0.39, 0.29) is 10.5 Å². The summed E-state index contributed by atoms with van der Waals surface area (Å²) in [5.74, 6) is -0.182. The molecule has 0 heterocycles. The molecule has 0 saturated carbocycles. The molecule has 1 unspecified atom stereocenters. The number of thiocarbonyl (C=S) groups is 1. The van der Waals surface area contributed by atoms with Crippen LogP contribution in [0.4, 0.5) is 11.4 Å². The Morgan fingerprint density at radius 1 is 0.875 bits per heavy atom. The minimum atomic E-state index is -3.99. The number of anilines is 2. The molecule has 6 nitrogen and oxygen atoms in total. The number of hydrogen-bond donors (Lipinski definition) is 3. The third-order valence-corrected chi connectivity index (χ3v) is 6.59. The summed E-state index contributed by atoms with van der Waals surface area (Å²) >= 11 is 5.35. The molecule has 3 aromatic carbocycles. The van der Waals surface area contributed by atoms with Gasteiger partial charge in [0, 0.05) is 16.9 Å². The van der Waals surface area contributed by atoms with Gasteiger partial charge in [-0.1, -0.05) is 44.2 Å². The van der Waals surface area contributed by atoms with Crippen molar-refractivity contribution in [3.05, 3.63) is 90.0 Å². The molecule has 0 aliphatic carbocycles. The second kappa shape index (κ2) is 10.4. The van der Waals surface area contributed by atoms with Crippen molar-refractivity contribution in [2.45, 2.75) is 31.1 Å². The SMILES string of the molecule is CCC(C)c1ccc(NC(=S)Nc2ccc(S(=O)(=O)NC(=O)c3ccccc3)cc2)cc1. The first-order valence-electron chi connectivity index (χ1n) is 10.2. The number of nitrogens with one attached hydrogen (secondary N) is 3. The predicted octanol–water partition coefficient (Wildman–Crippen LogP) is 5.13. The summed E-state index contributed by atoms with van der Waals surface area (Å²) in [6.07, 6.45) is 1.08. The third-order valence-electron chi connectivity index (χ3n) is 5.04. The van der Waals surface area contributed by atoms with Gasteiger partial charge in [-0.25, -0.2) is 13.1 Å². The number of hydrogen-bond acceptors (Lipinski definition) is 4. The first-order chi connectivity index (χ1) is 15.3. The van der Waals surface area contributed by atoms with Crippen LogP contribution in [0.15, 0.2) is 83.8 Å². The second-order valence-corrected chi connectivity index (χ2v) is 9.43. The largest absolute Gasteiger partial charge is 0.332 e. The Morgan fingerprint density at radius 3 is 1.94 bits per heavy atom. The average molecular weight is 468 g/mol. The van der Waals surface area contributed by atoms with E-state index in [1.807, 2.05) is 12.1 Å². The fraction of sp³-hybridized carbons (Fsp3) is 0.167. The van der Waals surface area contributed by atoms with E-state index in [1.165, 1.54) is 17.7 Å². The van der Waals surface area contributed by atoms with Gasteiger partial charge in [0.1, 0.15) is 0 Å². The second-order valence-electron chi connectivity index (χ2n) is 7.34. The van der Waals surface area contributed by atoms with Crippen molar-refractivity contribution in [3.8, 4) is 0 Å². The molecule has 3 aromatic rings. The topological polar surface area (TPSA) is 87.3 Å². The molecule has 0 saturated heterocycles. The van der Waals surface area contributed by atoms with Crippen molar-refractivity contribution >= 4 is 44.6 Å². The summed E-state index contributed by atoms with van der Waals surface area (Å²) in [6, 6.07) is 22.2. The van der Waals surface area contributed by atoms with E-state index in [0.29, 0.717) is 16.7 Å². The molecule has 0 radical (unpaired) electrons. The van der Waals surface area contributed by atoms with Gasteiger partial charge < -0.3 is 10.6 Å². The lowest BCUT2D eigenvalue weighted by molar-refractivity contribution is 0.0981. The molecule has 1 amide bonds. The summed E-state index contributed by atoms with van der Waals surface area (Å²) in [5.41, 5.74) is 3.01. The Balaban J connectivity index is 1.60. The highest BCUT2D eigenvalue weighted by atomic mass is 32.2. The van der Waals surface area contributed by atoms with Gasteiger partial charge in [0.05, 0.1) is 4.90 Å². The van der Waals surface area contributed by atoms with Gasteiger partial charge in [-0.05, 0) is 78.7 Å². The number of benzene rings is 3. The lowest BCUT2D eigenvalue weighted by atomic mass is 9.99. The van der Waals surface area contributed by atoms with E-state index in [1.54, 1.807) is 42.5 Å². The molecule has 0 spiro atoms.